The summed E-state index contributed by atoms with van der Waals surface area (Å²) in [6.45, 7) is 0.407. The minimum Gasteiger partial charge on any atom is -0.385 e. The van der Waals surface area contributed by atoms with E-state index >= 15 is 0 Å². The zero-order valence-corrected chi connectivity index (χ0v) is 9.19. The molecule has 2 nitrogen and oxygen atoms in total. The Kier molecular flexibility index (Phi) is 4.76. The van der Waals surface area contributed by atoms with E-state index in [0.29, 0.717) is 13.0 Å². The lowest BCUT2D eigenvalue weighted by molar-refractivity contribution is 0.183. The van der Waals surface area contributed by atoms with Crippen LogP contribution in [0.4, 0.5) is 13.2 Å². The second-order valence-electron chi connectivity index (χ2n) is 3.39. The molecule has 0 fully saturated rings. The fraction of sp³-hybridized carbons (Fsp3) is 0.455. The molecule has 0 radical (unpaired) electrons. The van der Waals surface area contributed by atoms with E-state index in [-0.39, 0.29) is 5.56 Å². The topological polar surface area (TPSA) is 21.3 Å². The fourth-order valence-corrected chi connectivity index (χ4v) is 1.50. The maximum absolute atomic E-state index is 13.4. The van der Waals surface area contributed by atoms with Crippen molar-refractivity contribution in [2.75, 3.05) is 20.8 Å². The third-order valence-corrected chi connectivity index (χ3v) is 2.40. The van der Waals surface area contributed by atoms with Crippen LogP contribution in [0.15, 0.2) is 12.1 Å². The van der Waals surface area contributed by atoms with Gasteiger partial charge in [0.25, 0.3) is 0 Å². The number of methoxy groups -OCH3 is 1. The fourth-order valence-electron chi connectivity index (χ4n) is 1.50. The van der Waals surface area contributed by atoms with Gasteiger partial charge < -0.3 is 10.1 Å². The third kappa shape index (κ3) is 2.74. The summed E-state index contributed by atoms with van der Waals surface area (Å²) in [4.78, 5) is 0. The van der Waals surface area contributed by atoms with Gasteiger partial charge in [-0.25, -0.2) is 13.2 Å². The molecule has 0 saturated heterocycles. The summed E-state index contributed by atoms with van der Waals surface area (Å²) in [7, 11) is 3.15. The van der Waals surface area contributed by atoms with Crippen molar-refractivity contribution in [1.29, 1.82) is 0 Å². The highest BCUT2D eigenvalue weighted by Crippen LogP contribution is 2.23. The van der Waals surface area contributed by atoms with Crippen LogP contribution in [0.3, 0.4) is 0 Å². The molecule has 0 bridgehead atoms. The molecule has 0 aliphatic carbocycles. The predicted octanol–water partition coefficient (Wildman–Crippen LogP) is 2.40. The van der Waals surface area contributed by atoms with Gasteiger partial charge in [0.1, 0.15) is 0 Å². The van der Waals surface area contributed by atoms with Gasteiger partial charge in [-0.1, -0.05) is 6.07 Å². The van der Waals surface area contributed by atoms with Gasteiger partial charge in [-0.3, -0.25) is 0 Å². The van der Waals surface area contributed by atoms with Crippen molar-refractivity contribution in [2.45, 2.75) is 12.5 Å². The first-order chi connectivity index (χ1) is 7.61. The molecule has 1 atom stereocenters. The molecule has 0 aliphatic rings. The highest BCUT2D eigenvalue weighted by atomic mass is 19.2. The van der Waals surface area contributed by atoms with E-state index < -0.39 is 23.5 Å². The van der Waals surface area contributed by atoms with Crippen LogP contribution in [0, 0.1) is 17.5 Å². The summed E-state index contributed by atoms with van der Waals surface area (Å²) >= 11 is 0. The molecule has 1 N–H and O–H groups in total. The zero-order valence-electron chi connectivity index (χ0n) is 9.19. The number of nitrogens with one attached hydrogen (secondary N) is 1. The Balaban J connectivity index is 2.96. The van der Waals surface area contributed by atoms with E-state index in [1.807, 2.05) is 0 Å². The highest BCUT2D eigenvalue weighted by molar-refractivity contribution is 5.23. The van der Waals surface area contributed by atoms with Crippen LogP contribution in [0.5, 0.6) is 0 Å². The molecule has 0 spiro atoms. The van der Waals surface area contributed by atoms with Crippen LogP contribution >= 0.6 is 0 Å². The second-order valence-corrected chi connectivity index (χ2v) is 3.39. The minimum atomic E-state index is -1.44. The van der Waals surface area contributed by atoms with Crippen molar-refractivity contribution in [2.24, 2.45) is 0 Å². The number of hydrogen-bond acceptors (Lipinski definition) is 2. The van der Waals surface area contributed by atoms with E-state index in [0.717, 1.165) is 6.07 Å². The number of rotatable bonds is 5. The Labute approximate surface area is 92.4 Å². The van der Waals surface area contributed by atoms with Crippen LogP contribution in [0.25, 0.3) is 0 Å². The minimum absolute atomic E-state index is 0.110. The van der Waals surface area contributed by atoms with Crippen molar-refractivity contribution in [3.63, 3.8) is 0 Å². The molecule has 0 amide bonds. The lowest BCUT2D eigenvalue weighted by Gasteiger charge is -2.17. The quantitative estimate of drug-likeness (QED) is 0.788. The standard InChI is InChI=1S/C11H14F3NO/c1-15-9(5-6-16-2)7-3-4-8(12)11(14)10(7)13/h3-4,9,15H,5-6H2,1-2H3. The lowest BCUT2D eigenvalue weighted by Crippen LogP contribution is -2.20. The van der Waals surface area contributed by atoms with Gasteiger partial charge in [-0.05, 0) is 19.5 Å². The van der Waals surface area contributed by atoms with E-state index in [2.05, 4.69) is 5.32 Å². The van der Waals surface area contributed by atoms with E-state index in [9.17, 15) is 13.2 Å². The summed E-state index contributed by atoms with van der Waals surface area (Å²) in [5, 5.41) is 2.83. The Morgan fingerprint density at radius 1 is 1.25 bits per heavy atom. The van der Waals surface area contributed by atoms with Gasteiger partial charge in [0.2, 0.25) is 0 Å². The Bertz CT molecular complexity index is 357. The van der Waals surface area contributed by atoms with Gasteiger partial charge in [-0.2, -0.15) is 0 Å². The molecule has 90 valence electrons. The van der Waals surface area contributed by atoms with Gasteiger partial charge in [0.15, 0.2) is 17.5 Å². The van der Waals surface area contributed by atoms with Crippen molar-refractivity contribution in [1.82, 2.24) is 5.32 Å². The average Bonchev–Trinajstić information content (AvgIpc) is 2.29. The van der Waals surface area contributed by atoms with Crippen molar-refractivity contribution < 1.29 is 17.9 Å². The number of ether oxygens (including phenoxy) is 1. The Morgan fingerprint density at radius 3 is 2.50 bits per heavy atom. The van der Waals surface area contributed by atoms with Gasteiger partial charge in [0.05, 0.1) is 0 Å². The summed E-state index contributed by atoms with van der Waals surface area (Å²) < 4.78 is 44.0. The first kappa shape index (κ1) is 13.0. The molecule has 0 aromatic heterocycles. The summed E-state index contributed by atoms with van der Waals surface area (Å²) in [6.07, 6.45) is 0.481. The number of benzene rings is 1. The maximum Gasteiger partial charge on any atom is 0.194 e. The van der Waals surface area contributed by atoms with Gasteiger partial charge in [-0.15, -0.1) is 0 Å². The predicted molar refractivity (Wildman–Crippen MR) is 54.6 cm³/mol. The Morgan fingerprint density at radius 2 is 1.94 bits per heavy atom. The van der Waals surface area contributed by atoms with Gasteiger partial charge in [0, 0.05) is 25.3 Å². The summed E-state index contributed by atoms with van der Waals surface area (Å²) in [5.41, 5.74) is 0.110. The monoisotopic (exact) mass is 233 g/mol. The highest BCUT2D eigenvalue weighted by Gasteiger charge is 2.19. The van der Waals surface area contributed by atoms with Crippen LogP contribution in [-0.2, 0) is 4.74 Å². The molecular weight excluding hydrogens is 219 g/mol. The largest absolute Gasteiger partial charge is 0.385 e. The van der Waals surface area contributed by atoms with Crippen LogP contribution in [0.1, 0.15) is 18.0 Å². The summed E-state index contributed by atoms with van der Waals surface area (Å²) in [5.74, 6) is -3.76. The number of hydrogen-bond donors (Lipinski definition) is 1. The molecule has 0 heterocycles. The van der Waals surface area contributed by atoms with Crippen molar-refractivity contribution >= 4 is 0 Å². The summed E-state index contributed by atoms with van der Waals surface area (Å²) in [6, 6.07) is 1.77. The molecule has 1 unspecified atom stereocenters. The SMILES string of the molecule is CNC(CCOC)c1ccc(F)c(F)c1F. The number of halogens is 3. The van der Waals surface area contributed by atoms with E-state index in [4.69, 9.17) is 4.74 Å². The molecule has 0 aliphatic heterocycles. The normalized spacial score (nSPS) is 12.8. The van der Waals surface area contributed by atoms with Crippen LogP contribution in [-0.4, -0.2) is 20.8 Å². The molecule has 0 saturated carbocycles. The van der Waals surface area contributed by atoms with Gasteiger partial charge >= 0.3 is 0 Å². The van der Waals surface area contributed by atoms with E-state index in [1.165, 1.54) is 13.2 Å². The first-order valence-electron chi connectivity index (χ1n) is 4.91. The zero-order chi connectivity index (χ0) is 12.1. The molecule has 1 aromatic carbocycles. The van der Waals surface area contributed by atoms with Crippen molar-refractivity contribution in [3.8, 4) is 0 Å². The van der Waals surface area contributed by atoms with Crippen molar-refractivity contribution in [3.05, 3.63) is 35.1 Å². The van der Waals surface area contributed by atoms with Crippen LogP contribution < -0.4 is 5.32 Å². The molecule has 16 heavy (non-hydrogen) atoms. The molecular formula is C11H14F3NO. The smallest absolute Gasteiger partial charge is 0.194 e. The average molecular weight is 233 g/mol. The molecule has 1 rings (SSSR count). The first-order valence-corrected chi connectivity index (χ1v) is 4.91. The lowest BCUT2D eigenvalue weighted by atomic mass is 10.0. The Hall–Kier alpha value is -1.07. The second kappa shape index (κ2) is 5.86. The maximum atomic E-state index is 13.4. The molecule has 5 heteroatoms. The van der Waals surface area contributed by atoms with E-state index in [1.54, 1.807) is 7.05 Å². The third-order valence-electron chi connectivity index (χ3n) is 2.40. The van der Waals surface area contributed by atoms with Crippen LogP contribution in [0.2, 0.25) is 0 Å². The molecule has 1 aromatic rings.